The molecular formula is C23H18N2O3. The van der Waals surface area contributed by atoms with Crippen LogP contribution in [0, 0.1) is 23.7 Å². The zero-order valence-electron chi connectivity index (χ0n) is 15.8. The molecule has 0 aliphatic carbocycles. The van der Waals surface area contributed by atoms with Crippen LogP contribution < -0.4 is 14.2 Å². The van der Waals surface area contributed by atoms with Gasteiger partial charge < -0.3 is 14.2 Å². The van der Waals surface area contributed by atoms with Gasteiger partial charge in [0.05, 0.1) is 33.7 Å². The van der Waals surface area contributed by atoms with Crippen molar-refractivity contribution >= 4 is 0 Å². The largest absolute Gasteiger partial charge is 0.497 e. The lowest BCUT2D eigenvalue weighted by Gasteiger charge is -2.04. The molecule has 0 fully saturated rings. The Hall–Kier alpha value is -3.96. The average molecular weight is 370 g/mol. The number of hydrogen-bond acceptors (Lipinski definition) is 5. The molecule has 2 aromatic carbocycles. The van der Waals surface area contributed by atoms with Crippen molar-refractivity contribution in [3.05, 3.63) is 77.4 Å². The number of rotatable bonds is 3. The normalized spacial score (nSPS) is 9.39. The van der Waals surface area contributed by atoms with E-state index >= 15 is 0 Å². The molecule has 138 valence electrons. The van der Waals surface area contributed by atoms with Crippen molar-refractivity contribution in [1.29, 1.82) is 0 Å². The molecular weight excluding hydrogens is 352 g/mol. The molecule has 0 saturated heterocycles. The summed E-state index contributed by atoms with van der Waals surface area (Å²) in [7, 11) is 4.82. The maximum absolute atomic E-state index is 5.26. The van der Waals surface area contributed by atoms with Gasteiger partial charge in [0, 0.05) is 17.2 Å². The third-order valence-electron chi connectivity index (χ3n) is 3.73. The number of ether oxygens (including phenoxy) is 3. The Labute approximate surface area is 164 Å². The van der Waals surface area contributed by atoms with E-state index in [1.165, 1.54) is 0 Å². The van der Waals surface area contributed by atoms with Crippen molar-refractivity contribution in [3.63, 3.8) is 0 Å². The summed E-state index contributed by atoms with van der Waals surface area (Å²) in [6.07, 6.45) is 3.20. The Bertz CT molecular complexity index is 1080. The molecule has 3 rings (SSSR count). The highest BCUT2D eigenvalue weighted by molar-refractivity contribution is 5.48. The SMILES string of the molecule is COc1cccc(C#Cc2cncc(C#Cc3cc(OC)cc(OC)c3)n2)c1. The summed E-state index contributed by atoms with van der Waals surface area (Å²) in [6.45, 7) is 0. The van der Waals surface area contributed by atoms with Crippen molar-refractivity contribution in [2.24, 2.45) is 0 Å². The van der Waals surface area contributed by atoms with E-state index in [1.807, 2.05) is 36.4 Å². The number of hydrogen-bond donors (Lipinski definition) is 0. The lowest BCUT2D eigenvalue weighted by atomic mass is 10.2. The van der Waals surface area contributed by atoms with Gasteiger partial charge in [-0.3, -0.25) is 4.98 Å². The first-order chi connectivity index (χ1) is 13.7. The molecule has 0 aliphatic rings. The molecule has 0 bridgehead atoms. The van der Waals surface area contributed by atoms with Gasteiger partial charge >= 0.3 is 0 Å². The second kappa shape index (κ2) is 9.12. The predicted molar refractivity (Wildman–Crippen MR) is 107 cm³/mol. The summed E-state index contributed by atoms with van der Waals surface area (Å²) < 4.78 is 15.7. The van der Waals surface area contributed by atoms with Crippen LogP contribution in [0.3, 0.4) is 0 Å². The van der Waals surface area contributed by atoms with E-state index in [2.05, 4.69) is 33.6 Å². The standard InChI is InChI=1S/C23H18N2O3/c1-26-21-6-4-5-17(11-21)7-9-19-15-24-16-20(25-19)10-8-18-12-22(27-2)14-23(13-18)28-3/h4-6,11-16H,1-3H3. The number of benzene rings is 2. The van der Waals surface area contributed by atoms with Gasteiger partial charge in [-0.05, 0) is 42.2 Å². The van der Waals surface area contributed by atoms with Crippen LogP contribution in [0.2, 0.25) is 0 Å². The molecule has 0 amide bonds. The van der Waals surface area contributed by atoms with Gasteiger partial charge in [-0.1, -0.05) is 17.9 Å². The fraction of sp³-hybridized carbons (Fsp3) is 0.130. The van der Waals surface area contributed by atoms with E-state index in [0.717, 1.165) is 16.9 Å². The van der Waals surface area contributed by atoms with Gasteiger partial charge in [0.25, 0.3) is 0 Å². The number of nitrogens with zero attached hydrogens (tertiary/aromatic N) is 2. The molecule has 0 saturated carbocycles. The lowest BCUT2D eigenvalue weighted by molar-refractivity contribution is 0.394. The average Bonchev–Trinajstić information content (AvgIpc) is 2.76. The van der Waals surface area contributed by atoms with E-state index in [1.54, 1.807) is 39.8 Å². The van der Waals surface area contributed by atoms with E-state index < -0.39 is 0 Å². The van der Waals surface area contributed by atoms with Crippen LogP contribution in [0.1, 0.15) is 22.5 Å². The quantitative estimate of drug-likeness (QED) is 0.662. The van der Waals surface area contributed by atoms with Crippen LogP contribution in [0.4, 0.5) is 0 Å². The summed E-state index contributed by atoms with van der Waals surface area (Å²) in [5.74, 6) is 14.2. The summed E-state index contributed by atoms with van der Waals surface area (Å²) in [6, 6.07) is 13.0. The molecule has 0 radical (unpaired) electrons. The van der Waals surface area contributed by atoms with Crippen LogP contribution >= 0.6 is 0 Å². The Morgan fingerprint density at radius 2 is 1.21 bits per heavy atom. The Morgan fingerprint density at radius 1 is 0.643 bits per heavy atom. The van der Waals surface area contributed by atoms with Crippen molar-refractivity contribution < 1.29 is 14.2 Å². The van der Waals surface area contributed by atoms with Crippen LogP contribution in [-0.4, -0.2) is 31.3 Å². The Morgan fingerprint density at radius 3 is 1.82 bits per heavy atom. The van der Waals surface area contributed by atoms with Gasteiger partial charge in [0.1, 0.15) is 28.6 Å². The lowest BCUT2D eigenvalue weighted by Crippen LogP contribution is -1.91. The van der Waals surface area contributed by atoms with Crippen LogP contribution in [0.5, 0.6) is 17.2 Å². The molecule has 1 heterocycles. The van der Waals surface area contributed by atoms with Gasteiger partial charge in [-0.2, -0.15) is 0 Å². The summed E-state index contributed by atoms with van der Waals surface area (Å²) >= 11 is 0. The minimum Gasteiger partial charge on any atom is -0.497 e. The Kier molecular flexibility index (Phi) is 6.13. The molecule has 1 aromatic heterocycles. The highest BCUT2D eigenvalue weighted by atomic mass is 16.5. The molecule has 5 heteroatoms. The molecule has 0 atom stereocenters. The van der Waals surface area contributed by atoms with Gasteiger partial charge in [-0.25, -0.2) is 4.98 Å². The first-order valence-electron chi connectivity index (χ1n) is 8.43. The fourth-order valence-corrected chi connectivity index (χ4v) is 2.34. The third-order valence-corrected chi connectivity index (χ3v) is 3.73. The smallest absolute Gasteiger partial charge is 0.133 e. The molecule has 0 spiro atoms. The topological polar surface area (TPSA) is 53.5 Å². The maximum atomic E-state index is 5.26. The number of aromatic nitrogens is 2. The third kappa shape index (κ3) is 5.03. The summed E-state index contributed by atoms with van der Waals surface area (Å²) in [5.41, 5.74) is 2.66. The second-order valence-electron chi connectivity index (χ2n) is 5.62. The monoisotopic (exact) mass is 370 g/mol. The van der Waals surface area contributed by atoms with Crippen LogP contribution in [0.25, 0.3) is 0 Å². The van der Waals surface area contributed by atoms with Crippen molar-refractivity contribution in [3.8, 4) is 40.9 Å². The molecule has 0 N–H and O–H groups in total. The van der Waals surface area contributed by atoms with E-state index in [9.17, 15) is 0 Å². The minimum absolute atomic E-state index is 0.527. The zero-order chi connectivity index (χ0) is 19.8. The maximum Gasteiger partial charge on any atom is 0.133 e. The van der Waals surface area contributed by atoms with Gasteiger partial charge in [0.15, 0.2) is 0 Å². The summed E-state index contributed by atoms with van der Waals surface area (Å²) in [5, 5.41) is 0. The molecule has 5 nitrogen and oxygen atoms in total. The van der Waals surface area contributed by atoms with Crippen LogP contribution in [-0.2, 0) is 0 Å². The molecule has 0 aliphatic heterocycles. The highest BCUT2D eigenvalue weighted by Gasteiger charge is 2.00. The summed E-state index contributed by atoms with van der Waals surface area (Å²) in [4.78, 5) is 8.60. The molecule has 28 heavy (non-hydrogen) atoms. The van der Waals surface area contributed by atoms with Gasteiger partial charge in [0.2, 0.25) is 0 Å². The highest BCUT2D eigenvalue weighted by Crippen LogP contribution is 2.21. The van der Waals surface area contributed by atoms with Crippen molar-refractivity contribution in [2.45, 2.75) is 0 Å². The first-order valence-corrected chi connectivity index (χ1v) is 8.43. The fourth-order valence-electron chi connectivity index (χ4n) is 2.34. The zero-order valence-corrected chi connectivity index (χ0v) is 15.8. The van der Waals surface area contributed by atoms with E-state index in [0.29, 0.717) is 22.9 Å². The first kappa shape index (κ1) is 18.8. The Balaban J connectivity index is 1.84. The molecule has 3 aromatic rings. The molecule has 0 unspecified atom stereocenters. The predicted octanol–water partition coefficient (Wildman–Crippen LogP) is 3.30. The van der Waals surface area contributed by atoms with Crippen molar-refractivity contribution in [2.75, 3.05) is 21.3 Å². The van der Waals surface area contributed by atoms with Crippen LogP contribution in [0.15, 0.2) is 54.9 Å². The van der Waals surface area contributed by atoms with Gasteiger partial charge in [-0.15, -0.1) is 0 Å². The van der Waals surface area contributed by atoms with E-state index in [-0.39, 0.29) is 0 Å². The van der Waals surface area contributed by atoms with Crippen molar-refractivity contribution in [1.82, 2.24) is 9.97 Å². The second-order valence-corrected chi connectivity index (χ2v) is 5.62. The minimum atomic E-state index is 0.527. The number of methoxy groups -OCH3 is 3. The van der Waals surface area contributed by atoms with E-state index in [4.69, 9.17) is 14.2 Å².